The summed E-state index contributed by atoms with van der Waals surface area (Å²) in [5.41, 5.74) is 6.60. The van der Waals surface area contributed by atoms with Gasteiger partial charge in [0.2, 0.25) is 5.91 Å². The Labute approximate surface area is 125 Å². The van der Waals surface area contributed by atoms with E-state index in [4.69, 9.17) is 18.0 Å². The van der Waals surface area contributed by atoms with Gasteiger partial charge in [0.1, 0.15) is 0 Å². The molecule has 1 amide bonds. The second-order valence-electron chi connectivity index (χ2n) is 4.69. The summed E-state index contributed by atoms with van der Waals surface area (Å²) >= 11 is 4.82. The van der Waals surface area contributed by atoms with Crippen molar-refractivity contribution in [2.24, 2.45) is 5.73 Å². The van der Waals surface area contributed by atoms with E-state index >= 15 is 0 Å². The monoisotopic (exact) mass is 294 g/mol. The summed E-state index contributed by atoms with van der Waals surface area (Å²) in [6.45, 7) is 4.57. The van der Waals surface area contributed by atoms with Crippen LogP contribution in [0.5, 0.6) is 0 Å². The van der Waals surface area contributed by atoms with Gasteiger partial charge in [0.15, 0.2) is 0 Å². The zero-order chi connectivity index (χ0) is 15.0. The summed E-state index contributed by atoms with van der Waals surface area (Å²) in [4.78, 5) is 20.3. The van der Waals surface area contributed by atoms with Crippen molar-refractivity contribution in [3.8, 4) is 0 Å². The number of aromatic nitrogens is 1. The van der Waals surface area contributed by atoms with Gasteiger partial charge in [0.05, 0.1) is 11.5 Å². The van der Waals surface area contributed by atoms with Gasteiger partial charge in [-0.15, -0.1) is 0 Å². The van der Waals surface area contributed by atoms with Crippen molar-refractivity contribution in [3.05, 3.63) is 30.1 Å². The van der Waals surface area contributed by atoms with Crippen LogP contribution in [0.1, 0.15) is 18.9 Å². The molecule has 0 aliphatic rings. The molecule has 0 aliphatic heterocycles. The maximum atomic E-state index is 12.1. The minimum Gasteiger partial charge on any atom is -0.393 e. The molecule has 110 valence electrons. The lowest BCUT2D eigenvalue weighted by atomic mass is 10.2. The van der Waals surface area contributed by atoms with Crippen molar-refractivity contribution in [3.63, 3.8) is 0 Å². The van der Waals surface area contributed by atoms with Gasteiger partial charge in [-0.3, -0.25) is 14.7 Å². The number of hydrogen-bond donors (Lipinski definition) is 1. The van der Waals surface area contributed by atoms with Crippen LogP contribution in [0.4, 0.5) is 0 Å². The SMILES string of the molecule is CCN(CC(=O)N(C)CCC(N)=S)Cc1ccncc1. The van der Waals surface area contributed by atoms with Crippen LogP contribution < -0.4 is 5.73 Å². The van der Waals surface area contributed by atoms with Gasteiger partial charge in [0.25, 0.3) is 0 Å². The quantitative estimate of drug-likeness (QED) is 0.726. The molecule has 0 saturated heterocycles. The van der Waals surface area contributed by atoms with Gasteiger partial charge in [0, 0.05) is 39.0 Å². The van der Waals surface area contributed by atoms with Crippen molar-refractivity contribution < 1.29 is 4.79 Å². The number of hydrogen-bond acceptors (Lipinski definition) is 4. The van der Waals surface area contributed by atoms with Crippen molar-refractivity contribution in [1.82, 2.24) is 14.8 Å². The van der Waals surface area contributed by atoms with E-state index in [1.54, 1.807) is 24.3 Å². The molecule has 1 heterocycles. The third-order valence-corrected chi connectivity index (χ3v) is 3.29. The molecule has 5 nitrogen and oxygen atoms in total. The number of nitrogens with two attached hydrogens (primary N) is 1. The summed E-state index contributed by atoms with van der Waals surface area (Å²) in [6.07, 6.45) is 4.09. The first kappa shape index (κ1) is 16.5. The van der Waals surface area contributed by atoms with Crippen LogP contribution in [-0.2, 0) is 11.3 Å². The van der Waals surface area contributed by atoms with Crippen molar-refractivity contribution in [1.29, 1.82) is 0 Å². The van der Waals surface area contributed by atoms with Crippen molar-refractivity contribution in [2.75, 3.05) is 26.7 Å². The molecule has 0 atom stereocenters. The summed E-state index contributed by atoms with van der Waals surface area (Å²) < 4.78 is 0. The predicted octanol–water partition coefficient (Wildman–Crippen LogP) is 1.04. The molecule has 20 heavy (non-hydrogen) atoms. The molecule has 0 bridgehead atoms. The van der Waals surface area contributed by atoms with Crippen LogP contribution in [-0.4, -0.2) is 52.4 Å². The average Bonchev–Trinajstić information content (AvgIpc) is 2.44. The molecular formula is C14H22N4OS. The highest BCUT2D eigenvalue weighted by Crippen LogP contribution is 2.03. The summed E-state index contributed by atoms with van der Waals surface area (Å²) in [5.74, 6) is 0.0807. The highest BCUT2D eigenvalue weighted by molar-refractivity contribution is 7.80. The zero-order valence-electron chi connectivity index (χ0n) is 12.1. The van der Waals surface area contributed by atoms with Crippen LogP contribution in [0.2, 0.25) is 0 Å². The Morgan fingerprint density at radius 3 is 2.60 bits per heavy atom. The van der Waals surface area contributed by atoms with Gasteiger partial charge in [-0.1, -0.05) is 19.1 Å². The minimum absolute atomic E-state index is 0.0807. The van der Waals surface area contributed by atoms with E-state index in [1.807, 2.05) is 19.1 Å². The summed E-state index contributed by atoms with van der Waals surface area (Å²) in [7, 11) is 1.78. The maximum absolute atomic E-state index is 12.1. The van der Waals surface area contributed by atoms with Crippen LogP contribution >= 0.6 is 12.2 Å². The van der Waals surface area contributed by atoms with Gasteiger partial charge in [-0.2, -0.15) is 0 Å². The summed E-state index contributed by atoms with van der Waals surface area (Å²) in [6, 6.07) is 3.92. The third-order valence-electron chi connectivity index (χ3n) is 3.08. The molecule has 6 heteroatoms. The first-order valence-corrected chi connectivity index (χ1v) is 7.07. The number of rotatable bonds is 8. The Kier molecular flexibility index (Phi) is 7.11. The molecule has 2 N–H and O–H groups in total. The van der Waals surface area contributed by atoms with Gasteiger partial charge < -0.3 is 10.6 Å². The minimum atomic E-state index is 0.0807. The zero-order valence-corrected chi connectivity index (χ0v) is 12.9. The lowest BCUT2D eigenvalue weighted by Gasteiger charge is -2.24. The Hall–Kier alpha value is -1.53. The molecule has 0 unspecified atom stereocenters. The van der Waals surface area contributed by atoms with E-state index in [1.165, 1.54) is 0 Å². The molecule has 1 aromatic heterocycles. The smallest absolute Gasteiger partial charge is 0.236 e. The molecule has 0 radical (unpaired) electrons. The summed E-state index contributed by atoms with van der Waals surface area (Å²) in [5, 5.41) is 0. The maximum Gasteiger partial charge on any atom is 0.236 e. The molecule has 0 saturated carbocycles. The molecule has 0 fully saturated rings. The number of carbonyl (C=O) groups is 1. The van der Waals surface area contributed by atoms with Gasteiger partial charge in [-0.05, 0) is 24.2 Å². The van der Waals surface area contributed by atoms with E-state index in [2.05, 4.69) is 9.88 Å². The standard InChI is InChI=1S/C14H22N4OS/c1-3-18(10-12-4-7-16-8-5-12)11-14(19)17(2)9-6-13(15)20/h4-5,7-8H,3,6,9-11H2,1-2H3,(H2,15,20). The van der Waals surface area contributed by atoms with E-state index in [9.17, 15) is 4.79 Å². The number of likely N-dealkylation sites (N-methyl/N-ethyl adjacent to an activating group) is 2. The Balaban J connectivity index is 2.47. The van der Waals surface area contributed by atoms with E-state index < -0.39 is 0 Å². The van der Waals surface area contributed by atoms with E-state index in [-0.39, 0.29) is 5.91 Å². The molecule has 1 aromatic rings. The fraction of sp³-hybridized carbons (Fsp3) is 0.500. The largest absolute Gasteiger partial charge is 0.393 e. The van der Waals surface area contributed by atoms with E-state index in [0.29, 0.717) is 24.5 Å². The first-order chi connectivity index (χ1) is 9.52. The molecule has 0 aromatic carbocycles. The van der Waals surface area contributed by atoms with Gasteiger partial charge >= 0.3 is 0 Å². The Morgan fingerprint density at radius 2 is 2.05 bits per heavy atom. The average molecular weight is 294 g/mol. The lowest BCUT2D eigenvalue weighted by molar-refractivity contribution is -0.131. The van der Waals surface area contributed by atoms with Crippen LogP contribution in [0, 0.1) is 0 Å². The van der Waals surface area contributed by atoms with Crippen LogP contribution in [0.25, 0.3) is 0 Å². The second-order valence-corrected chi connectivity index (χ2v) is 5.21. The molecule has 0 spiro atoms. The molecule has 0 aliphatic carbocycles. The van der Waals surface area contributed by atoms with Gasteiger partial charge in [-0.25, -0.2) is 0 Å². The highest BCUT2D eigenvalue weighted by atomic mass is 32.1. The van der Waals surface area contributed by atoms with E-state index in [0.717, 1.165) is 18.7 Å². The highest BCUT2D eigenvalue weighted by Gasteiger charge is 2.13. The normalized spacial score (nSPS) is 10.6. The molecule has 1 rings (SSSR count). The Morgan fingerprint density at radius 1 is 1.40 bits per heavy atom. The van der Waals surface area contributed by atoms with Crippen molar-refractivity contribution in [2.45, 2.75) is 19.9 Å². The molecular weight excluding hydrogens is 272 g/mol. The number of nitrogens with zero attached hydrogens (tertiary/aromatic N) is 3. The first-order valence-electron chi connectivity index (χ1n) is 6.66. The Bertz CT molecular complexity index is 438. The topological polar surface area (TPSA) is 62.5 Å². The van der Waals surface area contributed by atoms with Crippen LogP contribution in [0.15, 0.2) is 24.5 Å². The number of carbonyl (C=O) groups excluding carboxylic acids is 1. The van der Waals surface area contributed by atoms with Crippen molar-refractivity contribution >= 4 is 23.1 Å². The number of thiocarbonyl (C=S) groups is 1. The third kappa shape index (κ3) is 6.08. The predicted molar refractivity (Wildman–Crippen MR) is 84.2 cm³/mol. The fourth-order valence-electron chi connectivity index (χ4n) is 1.74. The number of amides is 1. The fourth-order valence-corrected chi connectivity index (χ4v) is 1.83. The van der Waals surface area contributed by atoms with Crippen LogP contribution in [0.3, 0.4) is 0 Å². The second kappa shape index (κ2) is 8.60. The number of pyridine rings is 1. The lowest BCUT2D eigenvalue weighted by Crippen LogP contribution is -2.39.